The van der Waals surface area contributed by atoms with Crippen LogP contribution in [-0.4, -0.2) is 67.3 Å². The van der Waals surface area contributed by atoms with Crippen molar-refractivity contribution < 1.29 is 19.0 Å². The van der Waals surface area contributed by atoms with Gasteiger partial charge in [-0.15, -0.1) is 0 Å². The zero-order valence-electron chi connectivity index (χ0n) is 21.0. The van der Waals surface area contributed by atoms with Crippen LogP contribution in [0.2, 0.25) is 0 Å². The number of carbonyl (C=O) groups excluding carboxylic acids is 1. The summed E-state index contributed by atoms with van der Waals surface area (Å²) in [7, 11) is 1.66. The van der Waals surface area contributed by atoms with E-state index in [1.54, 1.807) is 7.11 Å². The summed E-state index contributed by atoms with van der Waals surface area (Å²) in [5, 5.41) is 4.10. The van der Waals surface area contributed by atoms with Gasteiger partial charge in [-0.3, -0.25) is 4.79 Å². The second kappa shape index (κ2) is 10.9. The van der Waals surface area contributed by atoms with Gasteiger partial charge in [-0.2, -0.15) is 0 Å². The molecule has 3 aliphatic heterocycles. The Morgan fingerprint density at radius 3 is 2.56 bits per heavy atom. The van der Waals surface area contributed by atoms with E-state index < -0.39 is 0 Å². The van der Waals surface area contributed by atoms with Crippen LogP contribution in [-0.2, 0) is 11.2 Å². The van der Waals surface area contributed by atoms with Crippen molar-refractivity contribution in [3.05, 3.63) is 48.0 Å². The van der Waals surface area contributed by atoms with Gasteiger partial charge in [0, 0.05) is 44.4 Å². The number of hydrogen-bond donors (Lipinski definition) is 1. The number of aryl methyl sites for hydroxylation is 1. The van der Waals surface area contributed by atoms with Gasteiger partial charge in [0.2, 0.25) is 5.91 Å². The lowest BCUT2D eigenvalue weighted by molar-refractivity contribution is -0.130. The van der Waals surface area contributed by atoms with E-state index in [0.717, 1.165) is 86.3 Å². The Balaban J connectivity index is 1.06. The van der Waals surface area contributed by atoms with E-state index >= 15 is 0 Å². The molecule has 5 rings (SSSR count). The highest BCUT2D eigenvalue weighted by molar-refractivity contribution is 7.80. The minimum Gasteiger partial charge on any atom is -0.497 e. The second-order valence-corrected chi connectivity index (χ2v) is 10.4. The maximum Gasteiger partial charge on any atom is 0.222 e. The summed E-state index contributed by atoms with van der Waals surface area (Å²) < 4.78 is 16.6. The van der Waals surface area contributed by atoms with Gasteiger partial charge in [-0.1, -0.05) is 12.1 Å². The third-order valence-corrected chi connectivity index (χ3v) is 8.05. The smallest absolute Gasteiger partial charge is 0.222 e. The number of methoxy groups -OCH3 is 1. The lowest BCUT2D eigenvalue weighted by Gasteiger charge is -2.40. The average molecular weight is 510 g/mol. The molecule has 36 heavy (non-hydrogen) atoms. The van der Waals surface area contributed by atoms with E-state index in [0.29, 0.717) is 19.6 Å². The molecule has 0 bridgehead atoms. The predicted molar refractivity (Wildman–Crippen MR) is 144 cm³/mol. The van der Waals surface area contributed by atoms with Gasteiger partial charge in [0.15, 0.2) is 16.6 Å². The van der Waals surface area contributed by atoms with Crippen LogP contribution >= 0.6 is 12.2 Å². The van der Waals surface area contributed by atoms with Crippen LogP contribution in [0.3, 0.4) is 0 Å². The van der Waals surface area contributed by atoms with Crippen molar-refractivity contribution >= 4 is 28.9 Å². The molecule has 0 atom stereocenters. The number of rotatable bonds is 6. The Hall–Kier alpha value is -3.00. The SMILES string of the molecule is COc1cccc(NC(=S)N2CCC3(CCN(C(=O)CCCc4ccc5c(c4)OCCO5)C3)CC2)c1. The highest BCUT2D eigenvalue weighted by atomic mass is 32.1. The van der Waals surface area contributed by atoms with E-state index in [1.807, 2.05) is 36.4 Å². The highest BCUT2D eigenvalue weighted by Crippen LogP contribution is 2.41. The molecule has 7 nitrogen and oxygen atoms in total. The van der Waals surface area contributed by atoms with Gasteiger partial charge in [-0.05, 0) is 79.6 Å². The Kier molecular flexibility index (Phi) is 7.51. The van der Waals surface area contributed by atoms with Crippen molar-refractivity contribution in [3.8, 4) is 17.2 Å². The van der Waals surface area contributed by atoms with Crippen molar-refractivity contribution in [2.75, 3.05) is 51.8 Å². The van der Waals surface area contributed by atoms with Crippen LogP contribution in [0, 0.1) is 5.41 Å². The van der Waals surface area contributed by atoms with Crippen LogP contribution in [0.1, 0.15) is 37.7 Å². The lowest BCUT2D eigenvalue weighted by Crippen LogP contribution is -2.46. The van der Waals surface area contributed by atoms with E-state index in [-0.39, 0.29) is 11.3 Å². The third kappa shape index (κ3) is 5.69. The number of hydrogen-bond acceptors (Lipinski definition) is 5. The number of thiocarbonyl (C=S) groups is 1. The number of anilines is 1. The fraction of sp³-hybridized carbons (Fsp3) is 0.500. The molecule has 1 N–H and O–H groups in total. The number of piperidine rings is 1. The number of nitrogens with one attached hydrogen (secondary N) is 1. The molecular weight excluding hydrogens is 474 g/mol. The standard InChI is InChI=1S/C28H35N3O4S/c1-33-23-6-3-5-22(19-23)29-27(36)30-13-10-28(11-14-30)12-15-31(20-28)26(32)7-2-4-21-8-9-24-25(18-21)35-17-16-34-24/h3,5-6,8-9,18-19H,2,4,7,10-17,20H2,1H3,(H,29,36). The van der Waals surface area contributed by atoms with Crippen molar-refractivity contribution in [1.82, 2.24) is 9.80 Å². The van der Waals surface area contributed by atoms with Gasteiger partial charge >= 0.3 is 0 Å². The van der Waals surface area contributed by atoms with Crippen LogP contribution in [0.25, 0.3) is 0 Å². The molecule has 2 saturated heterocycles. The first-order valence-corrected chi connectivity index (χ1v) is 13.3. The summed E-state index contributed by atoms with van der Waals surface area (Å²) in [6.07, 6.45) is 5.52. The first-order valence-electron chi connectivity index (χ1n) is 12.9. The minimum atomic E-state index is 0.230. The molecule has 1 amide bonds. The van der Waals surface area contributed by atoms with Crippen LogP contribution < -0.4 is 19.5 Å². The molecule has 192 valence electrons. The van der Waals surface area contributed by atoms with Gasteiger partial charge < -0.3 is 29.3 Å². The second-order valence-electron chi connectivity index (χ2n) is 10.0. The molecule has 0 radical (unpaired) electrons. The summed E-state index contributed by atoms with van der Waals surface area (Å²) in [4.78, 5) is 17.3. The molecule has 1 spiro atoms. The first kappa shape index (κ1) is 24.7. The molecule has 0 aromatic heterocycles. The number of carbonyl (C=O) groups is 1. The molecule has 2 fully saturated rings. The largest absolute Gasteiger partial charge is 0.497 e. The summed E-state index contributed by atoms with van der Waals surface area (Å²) in [5.41, 5.74) is 2.36. The fourth-order valence-corrected chi connectivity index (χ4v) is 5.79. The van der Waals surface area contributed by atoms with Crippen molar-refractivity contribution in [2.24, 2.45) is 5.41 Å². The zero-order chi connectivity index (χ0) is 25.0. The number of fused-ring (bicyclic) bond motifs is 1. The summed E-state index contributed by atoms with van der Waals surface area (Å²) in [6, 6.07) is 13.9. The molecule has 2 aromatic rings. The van der Waals surface area contributed by atoms with Crippen molar-refractivity contribution in [2.45, 2.75) is 38.5 Å². The molecule has 0 saturated carbocycles. The molecule has 0 aliphatic carbocycles. The predicted octanol–water partition coefficient (Wildman–Crippen LogP) is 4.50. The fourth-order valence-electron chi connectivity index (χ4n) is 5.49. The number of amides is 1. The zero-order valence-corrected chi connectivity index (χ0v) is 21.8. The van der Waals surface area contributed by atoms with Gasteiger partial charge in [0.25, 0.3) is 0 Å². The van der Waals surface area contributed by atoms with E-state index in [2.05, 4.69) is 21.2 Å². The van der Waals surface area contributed by atoms with Crippen LogP contribution in [0.4, 0.5) is 5.69 Å². The monoisotopic (exact) mass is 509 g/mol. The topological polar surface area (TPSA) is 63.3 Å². The molecule has 0 unspecified atom stereocenters. The Morgan fingerprint density at radius 1 is 1.03 bits per heavy atom. The molecule has 8 heteroatoms. The summed E-state index contributed by atoms with van der Waals surface area (Å²) >= 11 is 5.68. The molecule has 3 aliphatic rings. The number of benzene rings is 2. The third-order valence-electron chi connectivity index (χ3n) is 7.69. The average Bonchev–Trinajstić information content (AvgIpc) is 3.32. The van der Waals surface area contributed by atoms with Crippen molar-refractivity contribution in [3.63, 3.8) is 0 Å². The van der Waals surface area contributed by atoms with E-state index in [4.69, 9.17) is 26.4 Å². The Labute approximate surface area is 218 Å². The molecular formula is C28H35N3O4S. The maximum absolute atomic E-state index is 13.0. The summed E-state index contributed by atoms with van der Waals surface area (Å²) in [5.74, 6) is 2.71. The Bertz CT molecular complexity index is 1100. The van der Waals surface area contributed by atoms with Gasteiger partial charge in [0.05, 0.1) is 7.11 Å². The Morgan fingerprint density at radius 2 is 1.78 bits per heavy atom. The summed E-state index contributed by atoms with van der Waals surface area (Å²) in [6.45, 7) is 4.77. The lowest BCUT2D eigenvalue weighted by atomic mass is 9.78. The van der Waals surface area contributed by atoms with Gasteiger partial charge in [-0.25, -0.2) is 0 Å². The highest BCUT2D eigenvalue weighted by Gasteiger charge is 2.42. The maximum atomic E-state index is 13.0. The first-order chi connectivity index (χ1) is 17.5. The van der Waals surface area contributed by atoms with Crippen LogP contribution in [0.5, 0.6) is 17.2 Å². The quantitative estimate of drug-likeness (QED) is 0.575. The number of likely N-dealkylation sites (tertiary alicyclic amines) is 2. The normalized spacial score (nSPS) is 18.2. The minimum absolute atomic E-state index is 0.230. The van der Waals surface area contributed by atoms with Crippen LogP contribution in [0.15, 0.2) is 42.5 Å². The number of ether oxygens (including phenoxy) is 3. The number of nitrogens with zero attached hydrogens (tertiary/aromatic N) is 2. The van der Waals surface area contributed by atoms with E-state index in [1.165, 1.54) is 5.56 Å². The molecule has 2 aromatic carbocycles. The van der Waals surface area contributed by atoms with Gasteiger partial charge in [0.1, 0.15) is 19.0 Å². The van der Waals surface area contributed by atoms with Crippen molar-refractivity contribution in [1.29, 1.82) is 0 Å². The molecule has 3 heterocycles. The van der Waals surface area contributed by atoms with E-state index in [9.17, 15) is 4.79 Å².